The van der Waals surface area contributed by atoms with Crippen LogP contribution < -0.4 is 14.2 Å². The predicted molar refractivity (Wildman–Crippen MR) is 114 cm³/mol. The fourth-order valence-corrected chi connectivity index (χ4v) is 3.66. The van der Waals surface area contributed by atoms with Crippen LogP contribution >= 0.6 is 0 Å². The largest absolute Gasteiger partial charge is 0.495 e. The highest BCUT2D eigenvalue weighted by atomic mass is 32.2. The molecule has 0 aliphatic carbocycles. The second-order valence-corrected chi connectivity index (χ2v) is 7.91. The topological polar surface area (TPSA) is 119 Å². The van der Waals surface area contributed by atoms with Crippen LogP contribution in [0.25, 0.3) is 22.2 Å². The number of nitrogens with one attached hydrogen (secondary N) is 3. The number of hydrogen-bond donors (Lipinski definition) is 3. The van der Waals surface area contributed by atoms with Gasteiger partial charge in [-0.2, -0.15) is 8.42 Å². The summed E-state index contributed by atoms with van der Waals surface area (Å²) in [5, 5.41) is 0.438. The molecule has 1 aromatic heterocycles. The molecule has 3 rings (SSSR count). The van der Waals surface area contributed by atoms with Gasteiger partial charge in [0.1, 0.15) is 12.4 Å². The van der Waals surface area contributed by atoms with E-state index in [0.29, 0.717) is 28.8 Å². The minimum atomic E-state index is -4.35. The van der Waals surface area contributed by atoms with E-state index in [-0.39, 0.29) is 24.7 Å². The van der Waals surface area contributed by atoms with Crippen molar-refractivity contribution in [1.29, 1.82) is 0 Å². The molecule has 172 valence electrons. The molecule has 3 N–H and O–H groups in total. The molecule has 32 heavy (non-hydrogen) atoms. The van der Waals surface area contributed by atoms with Crippen LogP contribution in [-0.4, -0.2) is 46.4 Å². The molecule has 0 unspecified atom stereocenters. The Morgan fingerprint density at radius 2 is 1.84 bits per heavy atom. The zero-order valence-corrected chi connectivity index (χ0v) is 18.0. The van der Waals surface area contributed by atoms with Gasteiger partial charge in [-0.25, -0.2) is 18.3 Å². The number of hydrogen-bond acceptors (Lipinski definition) is 6. The van der Waals surface area contributed by atoms with Crippen LogP contribution in [0, 0.1) is 11.6 Å². The lowest BCUT2D eigenvalue weighted by atomic mass is 10.1. The predicted octanol–water partition coefficient (Wildman–Crippen LogP) is 3.54. The van der Waals surface area contributed by atoms with Crippen molar-refractivity contribution in [3.8, 4) is 17.0 Å². The Balaban J connectivity index is 1.81. The van der Waals surface area contributed by atoms with Crippen molar-refractivity contribution in [3.05, 3.63) is 48.0 Å². The molecule has 1 amide bonds. The first-order valence-corrected chi connectivity index (χ1v) is 10.9. The van der Waals surface area contributed by atoms with Crippen molar-refractivity contribution < 1.29 is 36.2 Å². The van der Waals surface area contributed by atoms with Crippen molar-refractivity contribution in [2.24, 2.45) is 0 Å². The van der Waals surface area contributed by atoms with Gasteiger partial charge in [0.15, 0.2) is 11.6 Å². The van der Waals surface area contributed by atoms with Crippen LogP contribution in [0.5, 0.6) is 5.75 Å². The van der Waals surface area contributed by atoms with E-state index in [1.807, 2.05) is 0 Å². The molecule has 0 aliphatic heterocycles. The van der Waals surface area contributed by atoms with E-state index in [2.05, 4.69) is 9.71 Å². The van der Waals surface area contributed by atoms with Crippen molar-refractivity contribution in [2.75, 3.05) is 31.7 Å². The molecular formula is C20H21F2N3O6S. The summed E-state index contributed by atoms with van der Waals surface area (Å²) in [6.07, 6.45) is -1.17. The van der Waals surface area contributed by atoms with Gasteiger partial charge in [-0.15, -0.1) is 0 Å². The van der Waals surface area contributed by atoms with E-state index in [9.17, 15) is 22.0 Å². The van der Waals surface area contributed by atoms with Crippen LogP contribution in [-0.2, 0) is 19.7 Å². The molecule has 0 fully saturated rings. The lowest BCUT2D eigenvalue weighted by Crippen LogP contribution is -2.36. The highest BCUT2D eigenvalue weighted by Crippen LogP contribution is 2.32. The number of H-pyrrole nitrogens is 1. The molecule has 0 aliphatic rings. The summed E-state index contributed by atoms with van der Waals surface area (Å²) in [5.74, 6) is -1.80. The molecular weight excluding hydrogens is 448 g/mol. The maximum Gasteiger partial charge on any atom is 0.422 e. The van der Waals surface area contributed by atoms with Crippen LogP contribution in [0.3, 0.4) is 0 Å². The minimum Gasteiger partial charge on any atom is -0.495 e. The summed E-state index contributed by atoms with van der Waals surface area (Å²) in [7, 11) is -3.00. The molecule has 0 spiro atoms. The summed E-state index contributed by atoms with van der Waals surface area (Å²) >= 11 is 0. The Morgan fingerprint density at radius 3 is 2.56 bits per heavy atom. The smallest absolute Gasteiger partial charge is 0.422 e. The highest BCUT2D eigenvalue weighted by Gasteiger charge is 2.19. The molecule has 1 heterocycles. The van der Waals surface area contributed by atoms with Crippen LogP contribution in [0.1, 0.15) is 6.92 Å². The van der Waals surface area contributed by atoms with E-state index in [1.54, 1.807) is 23.8 Å². The van der Waals surface area contributed by atoms with Crippen molar-refractivity contribution in [3.63, 3.8) is 0 Å². The summed E-state index contributed by atoms with van der Waals surface area (Å²) in [5.41, 5.74) is 1.38. The second-order valence-electron chi connectivity index (χ2n) is 6.49. The summed E-state index contributed by atoms with van der Waals surface area (Å²) in [6, 6.07) is 8.24. The van der Waals surface area contributed by atoms with E-state index in [1.165, 1.54) is 19.2 Å². The maximum absolute atomic E-state index is 13.5. The van der Waals surface area contributed by atoms with E-state index in [0.717, 1.165) is 12.1 Å². The molecule has 0 bridgehead atoms. The summed E-state index contributed by atoms with van der Waals surface area (Å²) in [6.45, 7) is 2.21. The third kappa shape index (κ3) is 5.65. The summed E-state index contributed by atoms with van der Waals surface area (Å²) in [4.78, 5) is 14.7. The van der Waals surface area contributed by atoms with Gasteiger partial charge in [0, 0.05) is 34.8 Å². The number of rotatable bonds is 9. The average molecular weight is 469 g/mol. The Bertz CT molecular complexity index is 1190. The molecule has 9 nitrogen and oxygen atoms in total. The monoisotopic (exact) mass is 469 g/mol. The summed E-state index contributed by atoms with van der Waals surface area (Å²) < 4.78 is 70.5. The lowest BCUT2D eigenvalue weighted by Gasteiger charge is -2.14. The minimum absolute atomic E-state index is 0.0237. The Morgan fingerprint density at radius 1 is 1.09 bits per heavy atom. The number of methoxy groups -OCH3 is 1. The van der Waals surface area contributed by atoms with Gasteiger partial charge in [-0.3, -0.25) is 4.72 Å². The van der Waals surface area contributed by atoms with Gasteiger partial charge in [-0.05, 0) is 37.3 Å². The third-order valence-corrected chi connectivity index (χ3v) is 5.22. The number of carbonyl (C=O) groups is 1. The van der Waals surface area contributed by atoms with Gasteiger partial charge in [0.05, 0.1) is 19.4 Å². The van der Waals surface area contributed by atoms with Gasteiger partial charge in [-0.1, -0.05) is 0 Å². The van der Waals surface area contributed by atoms with Gasteiger partial charge < -0.3 is 19.2 Å². The van der Waals surface area contributed by atoms with Crippen molar-refractivity contribution in [2.45, 2.75) is 6.92 Å². The number of anilines is 1. The number of benzene rings is 2. The van der Waals surface area contributed by atoms with Gasteiger partial charge in [0.2, 0.25) is 0 Å². The van der Waals surface area contributed by atoms with Crippen molar-refractivity contribution in [1.82, 2.24) is 9.71 Å². The molecule has 0 radical (unpaired) electrons. The molecule has 2 aromatic carbocycles. The van der Waals surface area contributed by atoms with E-state index < -0.39 is 27.9 Å². The Labute approximate surface area is 182 Å². The molecule has 0 saturated carbocycles. The van der Waals surface area contributed by atoms with Gasteiger partial charge in [0.25, 0.3) is 0 Å². The number of carbonyl (C=O) groups excluding carboxylic acids is 1. The molecule has 0 atom stereocenters. The lowest BCUT2D eigenvalue weighted by molar-refractivity contribution is 0.0814. The first kappa shape index (κ1) is 23.3. The van der Waals surface area contributed by atoms with Crippen LogP contribution in [0.15, 0.2) is 36.4 Å². The maximum atomic E-state index is 13.5. The number of fused-ring (bicyclic) bond motifs is 1. The zero-order valence-electron chi connectivity index (χ0n) is 17.2. The molecule has 3 aromatic rings. The van der Waals surface area contributed by atoms with Gasteiger partial charge >= 0.3 is 16.3 Å². The van der Waals surface area contributed by atoms with E-state index >= 15 is 0 Å². The third-order valence-electron chi connectivity index (χ3n) is 4.30. The quantitative estimate of drug-likeness (QED) is 0.413. The first-order chi connectivity index (χ1) is 15.2. The zero-order chi connectivity index (χ0) is 23.3. The molecule has 0 saturated heterocycles. The Hall–Kier alpha value is -3.38. The molecule has 12 heteroatoms. The SMILES string of the molecule is CCOCCOC(=O)NS(=O)(=O)Nc1cc(-c2cc3cc(F)c(F)cc3[nH]2)ccc1OC. The first-order valence-electron chi connectivity index (χ1n) is 9.43. The number of ether oxygens (including phenoxy) is 3. The number of aromatic amines is 1. The van der Waals surface area contributed by atoms with Crippen LogP contribution in [0.2, 0.25) is 0 Å². The second kappa shape index (κ2) is 9.83. The van der Waals surface area contributed by atoms with E-state index in [4.69, 9.17) is 14.2 Å². The fourth-order valence-electron chi connectivity index (χ4n) is 2.88. The standard InChI is InChI=1S/C20H21F2N3O6S/c1-3-30-6-7-31-20(26)25-32(27,28)24-18-9-12(4-5-19(18)29-2)16-10-13-8-14(21)15(22)11-17(13)23-16/h4-5,8-11,23-24H,3,6-7H2,1-2H3,(H,25,26). The fraction of sp³-hybridized carbons (Fsp3) is 0.250. The van der Waals surface area contributed by atoms with Crippen LogP contribution in [0.4, 0.5) is 19.3 Å². The van der Waals surface area contributed by atoms with Crippen molar-refractivity contribution >= 4 is 32.9 Å². The number of halogens is 2. The average Bonchev–Trinajstić information content (AvgIpc) is 3.13. The Kier molecular flexibility index (Phi) is 7.15. The number of aromatic nitrogens is 1. The number of amides is 1. The normalized spacial score (nSPS) is 11.4. The highest BCUT2D eigenvalue weighted by molar-refractivity contribution is 7.91.